The Bertz CT molecular complexity index is 1330. The summed E-state index contributed by atoms with van der Waals surface area (Å²) in [7, 11) is 0. The smallest absolute Gasteiger partial charge is 0.256 e. The number of anilines is 1. The highest BCUT2D eigenvalue weighted by atomic mass is 19.1. The first kappa shape index (κ1) is 23.1. The minimum atomic E-state index is -0.346. The van der Waals surface area contributed by atoms with E-state index >= 15 is 0 Å². The molecule has 6 nitrogen and oxygen atoms in total. The van der Waals surface area contributed by atoms with Gasteiger partial charge in [-0.1, -0.05) is 30.3 Å². The maximum Gasteiger partial charge on any atom is 0.256 e. The lowest BCUT2D eigenvalue weighted by atomic mass is 9.93. The molecule has 2 atom stereocenters. The fourth-order valence-electron chi connectivity index (χ4n) is 5.18. The van der Waals surface area contributed by atoms with Crippen LogP contribution in [0.1, 0.15) is 36.4 Å². The van der Waals surface area contributed by atoms with Crippen LogP contribution in [-0.4, -0.2) is 46.9 Å². The summed E-state index contributed by atoms with van der Waals surface area (Å²) in [5, 5.41) is 6.35. The number of aryl methyl sites for hydroxylation is 1. The van der Waals surface area contributed by atoms with Gasteiger partial charge in [0, 0.05) is 53.4 Å². The Morgan fingerprint density at radius 2 is 1.80 bits per heavy atom. The van der Waals surface area contributed by atoms with Gasteiger partial charge in [0.2, 0.25) is 5.91 Å². The molecule has 3 heterocycles. The Labute approximate surface area is 204 Å². The number of aromatic amines is 1. The highest BCUT2D eigenvalue weighted by Gasteiger charge is 2.29. The molecule has 5 rings (SSSR count). The van der Waals surface area contributed by atoms with Gasteiger partial charge < -0.3 is 20.5 Å². The fraction of sp³-hybridized carbons (Fsp3) is 0.286. The van der Waals surface area contributed by atoms with Crippen molar-refractivity contribution in [2.24, 2.45) is 0 Å². The van der Waals surface area contributed by atoms with E-state index in [9.17, 15) is 14.0 Å². The summed E-state index contributed by atoms with van der Waals surface area (Å²) >= 11 is 0. The number of amides is 2. The largest absolute Gasteiger partial charge is 0.359 e. The number of H-pyrrole nitrogens is 1. The number of piperazine rings is 1. The highest BCUT2D eigenvalue weighted by molar-refractivity contribution is 6.36. The number of aromatic nitrogens is 1. The summed E-state index contributed by atoms with van der Waals surface area (Å²) in [6.45, 7) is 7.43. The van der Waals surface area contributed by atoms with Crippen LogP contribution in [-0.2, 0) is 16.0 Å². The third-order valence-corrected chi connectivity index (χ3v) is 6.60. The van der Waals surface area contributed by atoms with Gasteiger partial charge in [-0.25, -0.2) is 4.39 Å². The van der Waals surface area contributed by atoms with Crippen molar-refractivity contribution in [2.45, 2.75) is 39.3 Å². The molecule has 0 unspecified atom stereocenters. The Kier molecular flexibility index (Phi) is 6.03. The molecule has 0 bridgehead atoms. The van der Waals surface area contributed by atoms with Gasteiger partial charge in [-0.05, 0) is 56.2 Å². The summed E-state index contributed by atoms with van der Waals surface area (Å²) in [5.41, 5.74) is 5.30. The van der Waals surface area contributed by atoms with Crippen molar-refractivity contribution in [1.82, 2.24) is 15.2 Å². The van der Waals surface area contributed by atoms with Crippen molar-refractivity contribution in [3.8, 4) is 11.1 Å². The van der Waals surface area contributed by atoms with E-state index in [2.05, 4.69) is 29.5 Å². The molecular formula is C28H29FN4O2. The molecule has 7 heteroatoms. The average molecular weight is 473 g/mol. The van der Waals surface area contributed by atoms with Crippen LogP contribution >= 0.6 is 0 Å². The monoisotopic (exact) mass is 472 g/mol. The van der Waals surface area contributed by atoms with E-state index in [1.807, 2.05) is 36.1 Å². The summed E-state index contributed by atoms with van der Waals surface area (Å²) in [4.78, 5) is 31.3. The first-order valence-electron chi connectivity index (χ1n) is 11.9. The second-order valence-corrected chi connectivity index (χ2v) is 9.56. The maximum atomic E-state index is 14.7. The zero-order chi connectivity index (χ0) is 24.7. The first-order valence-corrected chi connectivity index (χ1v) is 11.9. The molecule has 0 aliphatic carbocycles. The Morgan fingerprint density at radius 1 is 1.09 bits per heavy atom. The highest BCUT2D eigenvalue weighted by Crippen LogP contribution is 2.41. The van der Waals surface area contributed by atoms with Crippen LogP contribution in [0.3, 0.4) is 0 Å². The molecule has 1 aromatic heterocycles. The van der Waals surface area contributed by atoms with Crippen LogP contribution in [0, 0.1) is 12.7 Å². The van der Waals surface area contributed by atoms with Crippen LogP contribution in [0.2, 0.25) is 0 Å². The minimum absolute atomic E-state index is 0.0622. The van der Waals surface area contributed by atoms with Crippen molar-refractivity contribution in [1.29, 1.82) is 0 Å². The predicted octanol–water partition coefficient (Wildman–Crippen LogP) is 4.37. The van der Waals surface area contributed by atoms with Crippen molar-refractivity contribution in [3.05, 3.63) is 76.9 Å². The number of hydrogen-bond donors (Lipinski definition) is 3. The number of hydrogen-bond acceptors (Lipinski definition) is 3. The van der Waals surface area contributed by atoms with Crippen LogP contribution in [0.25, 0.3) is 22.8 Å². The van der Waals surface area contributed by atoms with E-state index < -0.39 is 0 Å². The van der Waals surface area contributed by atoms with Gasteiger partial charge in [-0.3, -0.25) is 9.59 Å². The number of rotatable bonds is 4. The maximum absolute atomic E-state index is 14.7. The second-order valence-electron chi connectivity index (χ2n) is 9.56. The molecule has 2 aliphatic rings. The Morgan fingerprint density at radius 3 is 2.54 bits per heavy atom. The summed E-state index contributed by atoms with van der Waals surface area (Å²) in [5.74, 6) is -0.536. The second kappa shape index (κ2) is 9.15. The number of fused-ring (bicyclic) bond motifs is 1. The molecule has 0 saturated carbocycles. The number of nitrogens with one attached hydrogen (secondary N) is 3. The van der Waals surface area contributed by atoms with Gasteiger partial charge in [0.15, 0.2) is 0 Å². The Balaban J connectivity index is 1.51. The molecule has 2 aromatic carbocycles. The number of halogens is 1. The quantitative estimate of drug-likeness (QED) is 0.494. The lowest BCUT2D eigenvalue weighted by Gasteiger charge is -2.36. The van der Waals surface area contributed by atoms with E-state index in [4.69, 9.17) is 0 Å². The molecule has 0 spiro atoms. The number of benzene rings is 2. The third-order valence-electron chi connectivity index (χ3n) is 6.60. The molecular weight excluding hydrogens is 443 g/mol. The van der Waals surface area contributed by atoms with Gasteiger partial charge >= 0.3 is 0 Å². The van der Waals surface area contributed by atoms with E-state index in [0.717, 1.165) is 11.3 Å². The van der Waals surface area contributed by atoms with Crippen LogP contribution in [0.15, 0.2) is 48.5 Å². The van der Waals surface area contributed by atoms with E-state index in [0.29, 0.717) is 46.7 Å². The molecule has 35 heavy (non-hydrogen) atoms. The minimum Gasteiger partial charge on any atom is -0.359 e. The van der Waals surface area contributed by atoms with E-state index in [-0.39, 0.29) is 36.1 Å². The number of carbonyl (C=O) groups is 2. The van der Waals surface area contributed by atoms with Gasteiger partial charge in [-0.2, -0.15) is 0 Å². The van der Waals surface area contributed by atoms with E-state index in [1.165, 1.54) is 6.07 Å². The molecule has 0 radical (unpaired) electrons. The summed E-state index contributed by atoms with van der Waals surface area (Å²) in [6.07, 6.45) is 2.02. The molecule has 1 saturated heterocycles. The summed E-state index contributed by atoms with van der Waals surface area (Å²) in [6, 6.07) is 14.4. The molecule has 1 fully saturated rings. The topological polar surface area (TPSA) is 77.2 Å². The van der Waals surface area contributed by atoms with Gasteiger partial charge in [0.1, 0.15) is 5.82 Å². The molecule has 3 aromatic rings. The van der Waals surface area contributed by atoms with Gasteiger partial charge in [-0.15, -0.1) is 0 Å². The average Bonchev–Trinajstić information content (AvgIpc) is 3.32. The first-order chi connectivity index (χ1) is 16.8. The normalized spacial score (nSPS) is 20.7. The predicted molar refractivity (Wildman–Crippen MR) is 136 cm³/mol. The lowest BCUT2D eigenvalue weighted by Crippen LogP contribution is -2.56. The molecule has 180 valence electrons. The lowest BCUT2D eigenvalue weighted by molar-refractivity contribution is -0.132. The van der Waals surface area contributed by atoms with Crippen LogP contribution < -0.4 is 10.6 Å². The van der Waals surface area contributed by atoms with Crippen LogP contribution in [0.5, 0.6) is 0 Å². The SMILES string of the molecule is Cc1cc(CC(=O)N2C[C@@H](C)N[C@@H](C)C2)c(/C=C2\C(=O)Nc3cccc(-c4ccccc4F)c32)[nH]1. The van der Waals surface area contributed by atoms with Crippen molar-refractivity contribution < 1.29 is 14.0 Å². The Hall–Kier alpha value is -3.71. The third kappa shape index (κ3) is 4.51. The van der Waals surface area contributed by atoms with Crippen molar-refractivity contribution in [2.75, 3.05) is 18.4 Å². The zero-order valence-electron chi connectivity index (χ0n) is 20.1. The fourth-order valence-corrected chi connectivity index (χ4v) is 5.18. The summed E-state index contributed by atoms with van der Waals surface area (Å²) < 4.78 is 14.7. The van der Waals surface area contributed by atoms with Crippen LogP contribution in [0.4, 0.5) is 10.1 Å². The number of carbonyl (C=O) groups excluding carboxylic acids is 2. The molecule has 2 aliphatic heterocycles. The van der Waals surface area contributed by atoms with E-state index in [1.54, 1.807) is 24.3 Å². The number of nitrogens with zero attached hydrogens (tertiary/aromatic N) is 1. The molecule has 3 N–H and O–H groups in total. The van der Waals surface area contributed by atoms with Gasteiger partial charge in [0.25, 0.3) is 5.91 Å². The van der Waals surface area contributed by atoms with Gasteiger partial charge in [0.05, 0.1) is 12.0 Å². The zero-order valence-corrected chi connectivity index (χ0v) is 20.1. The van der Waals surface area contributed by atoms with Crippen molar-refractivity contribution >= 4 is 29.2 Å². The standard InChI is InChI=1S/C28H29FN4O2/c1-16-11-19(12-26(34)33-14-17(2)30-18(3)15-33)25(31-16)13-22-27-21(20-7-4-5-9-23(20)29)8-6-10-24(27)32-28(22)35/h4-11,13,17-18,30-31H,12,14-15H2,1-3H3,(H,32,35)/b22-13-/t17-,18+. The van der Waals surface area contributed by atoms with Crippen molar-refractivity contribution in [3.63, 3.8) is 0 Å². The molecule has 2 amide bonds.